The van der Waals surface area contributed by atoms with Crippen molar-refractivity contribution in [2.24, 2.45) is 0 Å². The van der Waals surface area contributed by atoms with Crippen LogP contribution in [0.1, 0.15) is 227 Å². The number of nitrogens with zero attached hydrogens (tertiary/aromatic N) is 6. The molecule has 2 spiro atoms. The molecule has 2 unspecified atom stereocenters. The number of methoxy groups -OCH3 is 4. The molecule has 14 aliphatic rings. The van der Waals surface area contributed by atoms with Gasteiger partial charge in [-0.1, -0.05) is 48.3 Å². The number of ether oxygens (including phenoxy) is 15. The number of likely N-dealkylation sites (N-methyl/N-ethyl adjacent to an activating group) is 2. The number of fused-ring (bicyclic) bond motifs is 18. The molecule has 132 heavy (non-hydrogen) atoms. The maximum atomic E-state index is 15.1. The van der Waals surface area contributed by atoms with Crippen LogP contribution in [0, 0.1) is 50.4 Å². The van der Waals surface area contributed by atoms with E-state index in [4.69, 9.17) is 82.7 Å². The lowest BCUT2D eigenvalue weighted by Crippen LogP contribution is -2.69. The highest BCUT2D eigenvalue weighted by Gasteiger charge is 2.65. The topological polar surface area (TPSA) is 386 Å². The van der Waals surface area contributed by atoms with Crippen molar-refractivity contribution in [3.63, 3.8) is 0 Å². The highest BCUT2D eigenvalue weighted by Crippen LogP contribution is 2.68. The number of halogens is 1. The van der Waals surface area contributed by atoms with Crippen molar-refractivity contribution in [1.29, 1.82) is 10.5 Å². The monoisotopic (exact) mass is 1880 g/mol. The van der Waals surface area contributed by atoms with E-state index in [2.05, 4.69) is 42.4 Å². The van der Waals surface area contributed by atoms with Crippen molar-refractivity contribution in [3.8, 4) is 92.6 Å². The fraction of sp³-hybridized carbons (Fsp3) is 0.546. The number of hydrogen-bond acceptors (Lipinski definition) is 34. The summed E-state index contributed by atoms with van der Waals surface area (Å²) in [4.78, 5) is 87.8. The molecule has 32 nitrogen and oxygen atoms in total. The Bertz CT molecular complexity index is 5670. The second-order valence-corrected chi connectivity index (χ2v) is 39.1. The van der Waals surface area contributed by atoms with Crippen LogP contribution in [-0.4, -0.2) is 212 Å². The van der Waals surface area contributed by atoms with E-state index in [-0.39, 0.29) is 125 Å². The molecular formula is C97H121ClN8O24S2. The number of aryl methyl sites for hydroxylation is 2. The first-order valence-electron chi connectivity index (χ1n) is 43.4. The van der Waals surface area contributed by atoms with Gasteiger partial charge in [0.2, 0.25) is 18.8 Å². The molecule has 0 amide bonds. The largest absolute Gasteiger partial charge is 0.514 e. The second kappa shape index (κ2) is 38.1. The van der Waals surface area contributed by atoms with E-state index in [0.29, 0.717) is 147 Å². The Hall–Kier alpha value is -10.5. The van der Waals surface area contributed by atoms with Gasteiger partial charge in [0, 0.05) is 106 Å². The van der Waals surface area contributed by atoms with Gasteiger partial charge in [-0.2, -0.15) is 10.5 Å². The molecule has 14 heterocycles. The van der Waals surface area contributed by atoms with Crippen LogP contribution >= 0.6 is 35.1 Å². The highest BCUT2D eigenvalue weighted by atomic mass is 35.5. The number of carbonyl (C=O) groups excluding carboxylic acids is 6. The molecule has 4 fully saturated rings. The molecular weight excluding hydrogens is 1760 g/mol. The second-order valence-electron chi connectivity index (χ2n) is 36.4. The smallest absolute Gasteiger partial charge is 0.507 e. The summed E-state index contributed by atoms with van der Waals surface area (Å²) < 4.78 is 89.2. The Balaban J connectivity index is 0.000000207. The minimum absolute atomic E-state index is 0. The van der Waals surface area contributed by atoms with Crippen molar-refractivity contribution in [2.75, 3.05) is 93.9 Å². The van der Waals surface area contributed by atoms with Gasteiger partial charge in [-0.3, -0.25) is 39.8 Å². The maximum absolute atomic E-state index is 15.1. The molecule has 0 aliphatic carbocycles. The first-order chi connectivity index (χ1) is 61.5. The lowest BCUT2D eigenvalue weighted by Gasteiger charge is -2.62. The van der Waals surface area contributed by atoms with Crippen LogP contribution in [0.5, 0.6) is 80.5 Å². The fourth-order valence-corrected chi connectivity index (χ4v) is 25.0. The summed E-state index contributed by atoms with van der Waals surface area (Å²) in [5.41, 5.74) is 6.70. The number of benzene rings is 6. The number of carbonyl (C=O) groups is 6. The van der Waals surface area contributed by atoms with Gasteiger partial charge in [-0.25, -0.2) is 19.2 Å². The van der Waals surface area contributed by atoms with Crippen LogP contribution in [0.2, 0.25) is 0 Å². The van der Waals surface area contributed by atoms with E-state index in [1.54, 1.807) is 72.7 Å². The van der Waals surface area contributed by atoms with Crippen LogP contribution < -0.4 is 62.7 Å². The molecule has 712 valence electrons. The number of nitrogens with one attached hydrogen (secondary N) is 2. The minimum atomic E-state index is -1.45. The molecule has 8 bridgehead atoms. The van der Waals surface area contributed by atoms with Gasteiger partial charge >= 0.3 is 30.2 Å². The third kappa shape index (κ3) is 16.6. The maximum Gasteiger partial charge on any atom is 0.514 e. The van der Waals surface area contributed by atoms with E-state index in [1.165, 1.54) is 52.0 Å². The summed E-state index contributed by atoms with van der Waals surface area (Å²) >= 11 is 7.86. The number of thioether (sulfide) groups is 2. The predicted octanol–water partition coefficient (Wildman–Crippen LogP) is 15.2. The van der Waals surface area contributed by atoms with Crippen LogP contribution in [0.3, 0.4) is 0 Å². The Morgan fingerprint density at radius 2 is 0.932 bits per heavy atom. The quantitative estimate of drug-likeness (QED) is 0.0264. The van der Waals surface area contributed by atoms with Gasteiger partial charge in [0.15, 0.2) is 80.1 Å². The van der Waals surface area contributed by atoms with Crippen molar-refractivity contribution < 1.29 is 115 Å². The number of esters is 3. The van der Waals surface area contributed by atoms with Gasteiger partial charge < -0.3 is 86.4 Å². The predicted molar refractivity (Wildman–Crippen MR) is 492 cm³/mol. The normalized spacial score (nSPS) is 25.8. The van der Waals surface area contributed by atoms with Crippen LogP contribution in [0.4, 0.5) is 9.59 Å². The molecule has 0 radical (unpaired) electrons. The molecule has 6 aromatic carbocycles. The summed E-state index contributed by atoms with van der Waals surface area (Å²) in [6.45, 7) is 21.9. The van der Waals surface area contributed by atoms with Crippen LogP contribution in [-0.2, 0) is 74.9 Å². The Labute approximate surface area is 783 Å². The zero-order valence-corrected chi connectivity index (χ0v) is 77.9. The molecule has 14 atom stereocenters. The Morgan fingerprint density at radius 3 is 1.32 bits per heavy atom. The fourth-order valence-electron chi connectivity index (χ4n) is 21.4. The van der Waals surface area contributed by atoms with E-state index >= 15 is 4.79 Å². The number of rotatable bonds is 11. The Morgan fingerprint density at radius 1 is 0.523 bits per heavy atom. The average molecular weight is 1880 g/mol. The number of aromatic hydroxyl groups is 3. The summed E-state index contributed by atoms with van der Waals surface area (Å²) in [5, 5.41) is 64.6. The standard InChI is InChI=1S/C47H54N4O12S.C43H48N4O11S.C4H7ClO.3CH4/c1-10-11-32(52)62-40-23(3)41-42(60-21-59-41)34-29-19-58-44(54)47(26-17-30(56-8)31(16-24(26)12-13-49-47)61-45(55)63-46(4,5)6)20-64-43(35(34)40)37-36-33-25(14-22(2)39(57-9)38(33)53)15-27(50(36)7)28(18-48)51(29)37;1-19-11-22-12-24-25(15-44)47-26-16-54-40(50)43(23-14-27(52-7)28(13-21(23)9-10-45-43)57-41(51)58-42(3,4)5)17-59-39(31-30(26)38-37(55-18-56-38)20(2)34(31)48)33(47)32(46(24)6)29(22)35(49)36(19)53-8;1-2-3-4(5)6;;;/h14,16-17,27-29,36-37,43,49,53H,10-13,15,19-21H2,1-9H3;11,13-14,24-26,32-33,39,45,48-49H,9-10,12,16-18H2,1-8H3;2-3H2,1H3;3*1H4/t27-,28-,29-,36+,37?,43+,47+;24-,25-,26-,32+,33?,39+,43+;;;;/m00..../s1. The average Bonchev–Trinajstić information content (AvgIpc) is 1.69. The zero-order valence-electron chi connectivity index (χ0n) is 75.5. The number of phenols is 3. The summed E-state index contributed by atoms with van der Waals surface area (Å²) in [7, 11) is 9.96. The highest BCUT2D eigenvalue weighted by molar-refractivity contribution is 7.99. The van der Waals surface area contributed by atoms with E-state index in [9.17, 15) is 49.8 Å². The third-order valence-corrected chi connectivity index (χ3v) is 29.8. The van der Waals surface area contributed by atoms with Gasteiger partial charge in [-0.15, -0.1) is 23.5 Å². The van der Waals surface area contributed by atoms with Gasteiger partial charge in [0.1, 0.15) is 48.0 Å². The summed E-state index contributed by atoms with van der Waals surface area (Å²) in [5.74, 6) is 2.40. The Kier molecular flexibility index (Phi) is 28.6. The van der Waals surface area contributed by atoms with Crippen molar-refractivity contribution in [2.45, 2.75) is 250 Å². The van der Waals surface area contributed by atoms with Gasteiger partial charge in [0.25, 0.3) is 0 Å². The number of piperazine rings is 2. The number of hydrogen-bond donors (Lipinski definition) is 5. The molecule has 35 heteroatoms. The van der Waals surface area contributed by atoms with Crippen molar-refractivity contribution in [1.82, 2.24) is 30.2 Å². The van der Waals surface area contributed by atoms with Crippen LogP contribution in [0.15, 0.2) is 36.4 Å². The summed E-state index contributed by atoms with van der Waals surface area (Å²) in [6.07, 6.45) is 2.26. The van der Waals surface area contributed by atoms with E-state index < -0.39 is 111 Å². The minimum Gasteiger partial charge on any atom is -0.507 e. The summed E-state index contributed by atoms with van der Waals surface area (Å²) in [6, 6.07) is 10.5. The molecule has 0 aromatic heterocycles. The van der Waals surface area contributed by atoms with E-state index in [1.807, 2.05) is 60.8 Å². The first-order valence-corrected chi connectivity index (χ1v) is 45.8. The van der Waals surface area contributed by atoms with Crippen molar-refractivity contribution in [3.05, 3.63) is 125 Å². The van der Waals surface area contributed by atoms with Crippen molar-refractivity contribution >= 4 is 70.6 Å². The molecule has 20 rings (SSSR count). The molecule has 14 aliphatic heterocycles. The third-order valence-electron chi connectivity index (χ3n) is 26.7. The van der Waals surface area contributed by atoms with Gasteiger partial charge in [0.05, 0.1) is 75.2 Å². The number of phenolic OH excluding ortho intramolecular Hbond substituents is 3. The SMILES string of the molecule is C.C.C.CCCC(=O)Cl.CCCC(=O)Oc1c(C)c2c(c3c1[C@H]1SC[C@]4(NCCc5cc(OC(=O)OC(C)(C)C)c(OC)cc54)C(=O)OC[C@@H]3N3C1[C@H]1c4c(cc(C)c(OC)c4O)C[C@@H]([C@@H]3C#N)N1C)OCO2.COc1cc2c(cc1OC(=O)OC(C)(C)C)CCN[C@]21CS[C@@H]2c3c(O)c(C)c4c(c3[C@H](COC1=O)N1C2[C@H]2c3c(cc(C)c(OC)c3O)C[C@@H]([C@@H]1C#N)N2C)OCO4. The molecule has 4 saturated heterocycles. The molecule has 5 N–H and O–H groups in total. The van der Waals surface area contributed by atoms with Gasteiger partial charge in [-0.05, 0) is 202 Å². The lowest BCUT2D eigenvalue weighted by atomic mass is 9.71. The van der Waals surface area contributed by atoms with E-state index in [0.717, 1.165) is 39.8 Å². The van der Waals surface area contributed by atoms with Crippen LogP contribution in [0.25, 0.3) is 0 Å². The lowest BCUT2D eigenvalue weighted by molar-refractivity contribution is -0.158. The zero-order chi connectivity index (χ0) is 92.4. The molecule has 0 saturated carbocycles. The molecule has 6 aromatic rings. The number of nitriles is 2. The first kappa shape index (κ1) is 99.0.